The van der Waals surface area contributed by atoms with E-state index >= 15 is 0 Å². The van der Waals surface area contributed by atoms with Crippen LogP contribution in [0.15, 0.2) is 42.7 Å². The molecule has 0 spiro atoms. The number of hydrogen-bond donors (Lipinski definition) is 1. The first-order valence-electron chi connectivity index (χ1n) is 13.3. The molecule has 37 heavy (non-hydrogen) atoms. The molecule has 9 nitrogen and oxygen atoms in total. The molecule has 0 bridgehead atoms. The van der Waals surface area contributed by atoms with Gasteiger partial charge in [0.25, 0.3) is 5.91 Å². The lowest BCUT2D eigenvalue weighted by Crippen LogP contribution is -2.49. The molecule has 0 aliphatic carbocycles. The molecule has 2 fully saturated rings. The van der Waals surface area contributed by atoms with Gasteiger partial charge >= 0.3 is 0 Å². The Labute approximate surface area is 218 Å². The second-order valence-corrected chi connectivity index (χ2v) is 10.1. The number of anilines is 1. The SMILES string of the molecule is Cc1ncc(C(CNC(=O)c2cccc3nc(N4CCN(C(C)C)CC4)ccc23)N2CCOCC2)cn1. The fraction of sp³-hybridized carbons (Fsp3) is 0.500. The van der Waals surface area contributed by atoms with Crippen molar-refractivity contribution in [2.75, 3.05) is 63.9 Å². The number of ether oxygens (including phenoxy) is 1. The average Bonchev–Trinajstić information content (AvgIpc) is 2.94. The van der Waals surface area contributed by atoms with Crippen LogP contribution >= 0.6 is 0 Å². The van der Waals surface area contributed by atoms with Gasteiger partial charge in [-0.2, -0.15) is 0 Å². The Kier molecular flexibility index (Phi) is 7.93. The van der Waals surface area contributed by atoms with Gasteiger partial charge in [-0.15, -0.1) is 0 Å². The summed E-state index contributed by atoms with van der Waals surface area (Å²) in [5.41, 5.74) is 2.48. The minimum Gasteiger partial charge on any atom is -0.379 e. The van der Waals surface area contributed by atoms with Crippen molar-refractivity contribution < 1.29 is 9.53 Å². The molecule has 1 atom stereocenters. The van der Waals surface area contributed by atoms with Crippen LogP contribution in [0.1, 0.15) is 41.6 Å². The molecule has 1 amide bonds. The van der Waals surface area contributed by atoms with E-state index in [-0.39, 0.29) is 11.9 Å². The number of hydrogen-bond acceptors (Lipinski definition) is 8. The maximum absolute atomic E-state index is 13.4. The van der Waals surface area contributed by atoms with Crippen LogP contribution in [0.4, 0.5) is 5.82 Å². The van der Waals surface area contributed by atoms with Gasteiger partial charge in [-0.3, -0.25) is 14.6 Å². The summed E-state index contributed by atoms with van der Waals surface area (Å²) < 4.78 is 5.54. The normalized spacial score (nSPS) is 18.3. The Balaban J connectivity index is 1.31. The number of carbonyl (C=O) groups is 1. The number of rotatable bonds is 7. The van der Waals surface area contributed by atoms with E-state index in [4.69, 9.17) is 9.72 Å². The molecular weight excluding hydrogens is 466 g/mol. The van der Waals surface area contributed by atoms with Gasteiger partial charge in [0.1, 0.15) is 11.6 Å². The van der Waals surface area contributed by atoms with Gasteiger partial charge < -0.3 is 15.0 Å². The van der Waals surface area contributed by atoms with Crippen molar-refractivity contribution in [2.45, 2.75) is 32.9 Å². The van der Waals surface area contributed by atoms with Crippen molar-refractivity contribution in [3.05, 3.63) is 59.7 Å². The average molecular weight is 504 g/mol. The topological polar surface area (TPSA) is 86.7 Å². The molecule has 0 radical (unpaired) electrons. The molecule has 9 heteroatoms. The fourth-order valence-corrected chi connectivity index (χ4v) is 5.19. The summed E-state index contributed by atoms with van der Waals surface area (Å²) in [6.45, 7) is 13.8. The highest BCUT2D eigenvalue weighted by molar-refractivity contribution is 6.06. The molecule has 1 aromatic carbocycles. The number of morpholine rings is 1. The first-order valence-corrected chi connectivity index (χ1v) is 13.3. The highest BCUT2D eigenvalue weighted by Crippen LogP contribution is 2.24. The summed E-state index contributed by atoms with van der Waals surface area (Å²) >= 11 is 0. The summed E-state index contributed by atoms with van der Waals surface area (Å²) in [7, 11) is 0. The third-order valence-electron chi connectivity index (χ3n) is 7.46. The number of nitrogens with zero attached hydrogens (tertiary/aromatic N) is 6. The van der Waals surface area contributed by atoms with Crippen molar-refractivity contribution in [3.63, 3.8) is 0 Å². The van der Waals surface area contributed by atoms with Crippen molar-refractivity contribution in [3.8, 4) is 0 Å². The van der Waals surface area contributed by atoms with E-state index < -0.39 is 0 Å². The predicted octanol–water partition coefficient (Wildman–Crippen LogP) is 2.67. The third kappa shape index (κ3) is 5.89. The summed E-state index contributed by atoms with van der Waals surface area (Å²) in [4.78, 5) is 34.2. The van der Waals surface area contributed by atoms with Crippen molar-refractivity contribution >= 4 is 22.6 Å². The molecule has 3 aromatic rings. The minimum atomic E-state index is -0.100. The largest absolute Gasteiger partial charge is 0.379 e. The summed E-state index contributed by atoms with van der Waals surface area (Å²) in [6.07, 6.45) is 3.72. The van der Waals surface area contributed by atoms with Gasteiger partial charge in [-0.1, -0.05) is 6.07 Å². The monoisotopic (exact) mass is 503 g/mol. The van der Waals surface area contributed by atoms with E-state index in [2.05, 4.69) is 43.8 Å². The zero-order valence-electron chi connectivity index (χ0n) is 22.1. The summed E-state index contributed by atoms with van der Waals surface area (Å²) in [6, 6.07) is 10.4. The molecule has 1 N–H and O–H groups in total. The Hall–Kier alpha value is -3.14. The molecule has 2 aromatic heterocycles. The van der Waals surface area contributed by atoms with E-state index in [1.165, 1.54) is 0 Å². The van der Waals surface area contributed by atoms with E-state index in [0.29, 0.717) is 31.4 Å². The Bertz CT molecular complexity index is 1200. The van der Waals surface area contributed by atoms with Crippen LogP contribution in [0, 0.1) is 6.92 Å². The molecule has 0 saturated carbocycles. The molecule has 2 aliphatic rings. The van der Waals surface area contributed by atoms with Gasteiger partial charge in [0.2, 0.25) is 0 Å². The van der Waals surface area contributed by atoms with Crippen molar-refractivity contribution in [1.29, 1.82) is 0 Å². The number of benzene rings is 1. The maximum atomic E-state index is 13.4. The fourth-order valence-electron chi connectivity index (χ4n) is 5.19. The van der Waals surface area contributed by atoms with Crippen LogP contribution in [-0.4, -0.2) is 95.7 Å². The van der Waals surface area contributed by atoms with E-state index in [1.54, 1.807) is 0 Å². The summed E-state index contributed by atoms with van der Waals surface area (Å²) in [5.74, 6) is 1.61. The van der Waals surface area contributed by atoms with E-state index in [0.717, 1.165) is 67.4 Å². The van der Waals surface area contributed by atoms with Gasteiger partial charge in [0.15, 0.2) is 0 Å². The zero-order valence-corrected chi connectivity index (χ0v) is 22.1. The highest BCUT2D eigenvalue weighted by Gasteiger charge is 2.25. The molecule has 196 valence electrons. The number of piperazine rings is 1. The smallest absolute Gasteiger partial charge is 0.252 e. The Morgan fingerprint density at radius 3 is 2.41 bits per heavy atom. The predicted molar refractivity (Wildman–Crippen MR) is 145 cm³/mol. The molecular formula is C28H37N7O2. The van der Waals surface area contributed by atoms with Crippen LogP contribution in [0.25, 0.3) is 10.9 Å². The minimum absolute atomic E-state index is 0.0161. The number of carbonyl (C=O) groups excluding carboxylic acids is 1. The van der Waals surface area contributed by atoms with Crippen LogP contribution in [0.3, 0.4) is 0 Å². The standard InChI is InChI=1S/C28H37N7O2/c1-20(2)33-9-11-35(12-10-33)27-8-7-23-24(5-4-6-25(23)32-27)28(36)31-19-26(34-13-15-37-16-14-34)22-17-29-21(3)30-18-22/h4-8,17-18,20,26H,9-16,19H2,1-3H3,(H,31,36). The van der Waals surface area contributed by atoms with Crippen LogP contribution in [-0.2, 0) is 4.74 Å². The molecule has 2 aliphatic heterocycles. The highest BCUT2D eigenvalue weighted by atomic mass is 16.5. The Morgan fingerprint density at radius 1 is 0.973 bits per heavy atom. The van der Waals surface area contributed by atoms with Crippen LogP contribution < -0.4 is 10.2 Å². The van der Waals surface area contributed by atoms with E-state index in [9.17, 15) is 4.79 Å². The van der Waals surface area contributed by atoms with E-state index in [1.807, 2.05) is 49.6 Å². The summed E-state index contributed by atoms with van der Waals surface area (Å²) in [5, 5.41) is 4.04. The lowest BCUT2D eigenvalue weighted by molar-refractivity contribution is 0.0161. The Morgan fingerprint density at radius 2 is 1.70 bits per heavy atom. The van der Waals surface area contributed by atoms with Crippen LogP contribution in [0.5, 0.6) is 0 Å². The number of nitrogens with one attached hydrogen (secondary N) is 1. The van der Waals surface area contributed by atoms with Gasteiger partial charge in [0, 0.05) is 80.8 Å². The van der Waals surface area contributed by atoms with Gasteiger partial charge in [0.05, 0.1) is 24.8 Å². The number of fused-ring (bicyclic) bond motifs is 1. The quantitative estimate of drug-likeness (QED) is 0.527. The van der Waals surface area contributed by atoms with Crippen molar-refractivity contribution in [1.82, 2.24) is 30.1 Å². The second kappa shape index (κ2) is 11.5. The first-order chi connectivity index (χ1) is 18.0. The molecule has 4 heterocycles. The number of pyridine rings is 1. The van der Waals surface area contributed by atoms with Crippen LogP contribution in [0.2, 0.25) is 0 Å². The first kappa shape index (κ1) is 25.5. The number of aryl methyl sites for hydroxylation is 1. The molecule has 1 unspecified atom stereocenters. The van der Waals surface area contributed by atoms with Crippen molar-refractivity contribution in [2.24, 2.45) is 0 Å². The number of aromatic nitrogens is 3. The lowest BCUT2D eigenvalue weighted by Gasteiger charge is -2.37. The third-order valence-corrected chi connectivity index (χ3v) is 7.46. The second-order valence-electron chi connectivity index (χ2n) is 10.1. The molecule has 5 rings (SSSR count). The van der Waals surface area contributed by atoms with Gasteiger partial charge in [-0.05, 0) is 45.0 Å². The van der Waals surface area contributed by atoms with Gasteiger partial charge in [-0.25, -0.2) is 15.0 Å². The number of amides is 1. The lowest BCUT2D eigenvalue weighted by atomic mass is 10.1. The zero-order chi connectivity index (χ0) is 25.8. The maximum Gasteiger partial charge on any atom is 0.252 e. The molecule has 2 saturated heterocycles.